The van der Waals surface area contributed by atoms with E-state index in [1.165, 1.54) is 0 Å². The summed E-state index contributed by atoms with van der Waals surface area (Å²) in [5, 5.41) is 9.02. The van der Waals surface area contributed by atoms with Crippen LogP contribution in [0.4, 0.5) is 0 Å². The Morgan fingerprint density at radius 1 is 1.46 bits per heavy atom. The monoisotopic (exact) mass is 175 g/mol. The molecule has 0 aliphatic rings. The molecule has 4 nitrogen and oxygen atoms in total. The van der Waals surface area contributed by atoms with Gasteiger partial charge in [-0.05, 0) is 12.1 Å². The molecule has 0 spiro atoms. The maximum Gasteiger partial charge on any atom is 0.0924 e. The van der Waals surface area contributed by atoms with E-state index in [2.05, 4.69) is 15.0 Å². The van der Waals surface area contributed by atoms with E-state index in [1.54, 1.807) is 18.7 Å². The predicted molar refractivity (Wildman–Crippen MR) is 47.7 cm³/mol. The highest BCUT2D eigenvalue weighted by Gasteiger charge is 2.04. The van der Waals surface area contributed by atoms with Gasteiger partial charge in [0.1, 0.15) is 0 Å². The molecule has 0 aromatic carbocycles. The van der Waals surface area contributed by atoms with Crippen LogP contribution in [0.25, 0.3) is 11.3 Å². The summed E-state index contributed by atoms with van der Waals surface area (Å²) in [5.41, 5.74) is 2.42. The lowest BCUT2D eigenvalue weighted by atomic mass is 10.1. The van der Waals surface area contributed by atoms with Gasteiger partial charge in [-0.3, -0.25) is 4.98 Å². The number of aromatic amines is 1. The SMILES string of the molecule is OCc1ncccc1-c1cnc[nH]1. The Hall–Kier alpha value is -1.68. The molecule has 0 bridgehead atoms. The first-order chi connectivity index (χ1) is 6.42. The van der Waals surface area contributed by atoms with Gasteiger partial charge in [0, 0.05) is 11.8 Å². The third-order valence-electron chi connectivity index (χ3n) is 1.83. The lowest BCUT2D eigenvalue weighted by molar-refractivity contribution is 0.277. The minimum Gasteiger partial charge on any atom is -0.390 e. The van der Waals surface area contributed by atoms with Gasteiger partial charge in [0.05, 0.1) is 30.5 Å². The largest absolute Gasteiger partial charge is 0.390 e. The van der Waals surface area contributed by atoms with Crippen molar-refractivity contribution in [2.75, 3.05) is 0 Å². The number of aliphatic hydroxyl groups is 1. The molecule has 0 radical (unpaired) electrons. The van der Waals surface area contributed by atoms with Crippen LogP contribution >= 0.6 is 0 Å². The predicted octanol–water partition coefficient (Wildman–Crippen LogP) is 0.964. The number of rotatable bonds is 2. The van der Waals surface area contributed by atoms with E-state index >= 15 is 0 Å². The molecule has 0 fully saturated rings. The van der Waals surface area contributed by atoms with E-state index < -0.39 is 0 Å². The summed E-state index contributed by atoms with van der Waals surface area (Å²) in [7, 11) is 0. The first-order valence-electron chi connectivity index (χ1n) is 3.95. The Labute approximate surface area is 75.3 Å². The summed E-state index contributed by atoms with van der Waals surface area (Å²) in [6.45, 7) is -0.0603. The molecule has 0 saturated carbocycles. The highest BCUT2D eigenvalue weighted by molar-refractivity contribution is 5.60. The molecule has 2 N–H and O–H groups in total. The van der Waals surface area contributed by atoms with Crippen molar-refractivity contribution >= 4 is 0 Å². The summed E-state index contributed by atoms with van der Waals surface area (Å²) in [6.07, 6.45) is 4.96. The number of nitrogens with zero attached hydrogens (tertiary/aromatic N) is 2. The molecule has 2 aromatic rings. The Balaban J connectivity index is 2.51. The van der Waals surface area contributed by atoms with E-state index in [9.17, 15) is 0 Å². The van der Waals surface area contributed by atoms with E-state index in [-0.39, 0.29) is 6.61 Å². The van der Waals surface area contributed by atoms with Gasteiger partial charge in [-0.1, -0.05) is 0 Å². The number of hydrogen-bond acceptors (Lipinski definition) is 3. The van der Waals surface area contributed by atoms with E-state index in [0.717, 1.165) is 11.3 Å². The first-order valence-corrected chi connectivity index (χ1v) is 3.95. The number of nitrogens with one attached hydrogen (secondary N) is 1. The third-order valence-corrected chi connectivity index (χ3v) is 1.83. The van der Waals surface area contributed by atoms with Crippen molar-refractivity contribution in [2.45, 2.75) is 6.61 Å². The standard InChI is InChI=1S/C9H9N3O/c13-5-9-7(2-1-3-11-9)8-4-10-6-12-8/h1-4,6,13H,5H2,(H,10,12). The minimum atomic E-state index is -0.0603. The fourth-order valence-electron chi connectivity index (χ4n) is 1.21. The zero-order chi connectivity index (χ0) is 9.10. The summed E-state index contributed by atoms with van der Waals surface area (Å²) in [6, 6.07) is 3.72. The molecule has 2 heterocycles. The maximum absolute atomic E-state index is 9.02. The van der Waals surface area contributed by atoms with Gasteiger partial charge >= 0.3 is 0 Å². The van der Waals surface area contributed by atoms with Crippen molar-refractivity contribution in [1.29, 1.82) is 0 Å². The minimum absolute atomic E-state index is 0.0603. The lowest BCUT2D eigenvalue weighted by Crippen LogP contribution is -1.92. The van der Waals surface area contributed by atoms with Crippen LogP contribution in [0, 0.1) is 0 Å². The summed E-state index contributed by atoms with van der Waals surface area (Å²) < 4.78 is 0. The van der Waals surface area contributed by atoms with Gasteiger partial charge in [-0.15, -0.1) is 0 Å². The quantitative estimate of drug-likeness (QED) is 0.714. The van der Waals surface area contributed by atoms with Gasteiger partial charge in [0.2, 0.25) is 0 Å². The van der Waals surface area contributed by atoms with E-state index in [4.69, 9.17) is 5.11 Å². The molecule has 0 atom stereocenters. The fourth-order valence-corrected chi connectivity index (χ4v) is 1.21. The van der Waals surface area contributed by atoms with Crippen LogP contribution in [-0.4, -0.2) is 20.1 Å². The molecule has 4 heteroatoms. The van der Waals surface area contributed by atoms with E-state index in [0.29, 0.717) is 5.69 Å². The molecular weight excluding hydrogens is 166 g/mol. The molecule has 0 aliphatic carbocycles. The highest BCUT2D eigenvalue weighted by Crippen LogP contribution is 2.18. The van der Waals surface area contributed by atoms with Crippen molar-refractivity contribution in [3.05, 3.63) is 36.5 Å². The fraction of sp³-hybridized carbons (Fsp3) is 0.111. The average molecular weight is 175 g/mol. The summed E-state index contributed by atoms with van der Waals surface area (Å²) in [5.74, 6) is 0. The van der Waals surface area contributed by atoms with Crippen molar-refractivity contribution in [1.82, 2.24) is 15.0 Å². The van der Waals surface area contributed by atoms with Crippen LogP contribution in [0.2, 0.25) is 0 Å². The molecule has 0 saturated heterocycles. The van der Waals surface area contributed by atoms with Gasteiger partial charge in [0.25, 0.3) is 0 Å². The van der Waals surface area contributed by atoms with Gasteiger partial charge in [-0.25, -0.2) is 4.98 Å². The van der Waals surface area contributed by atoms with Gasteiger partial charge in [0.15, 0.2) is 0 Å². The lowest BCUT2D eigenvalue weighted by Gasteiger charge is -2.02. The topological polar surface area (TPSA) is 61.8 Å². The molecule has 66 valence electrons. The van der Waals surface area contributed by atoms with E-state index in [1.807, 2.05) is 12.1 Å². The number of hydrogen-bond donors (Lipinski definition) is 2. The van der Waals surface area contributed by atoms with Crippen LogP contribution in [0.15, 0.2) is 30.9 Å². The number of H-pyrrole nitrogens is 1. The molecule has 0 unspecified atom stereocenters. The summed E-state index contributed by atoms with van der Waals surface area (Å²) >= 11 is 0. The Kier molecular flexibility index (Phi) is 2.06. The maximum atomic E-state index is 9.02. The number of aliphatic hydroxyl groups excluding tert-OH is 1. The van der Waals surface area contributed by atoms with Crippen molar-refractivity contribution in [3.63, 3.8) is 0 Å². The van der Waals surface area contributed by atoms with Crippen LogP contribution in [0.3, 0.4) is 0 Å². The molecule has 2 rings (SSSR count). The Morgan fingerprint density at radius 3 is 3.08 bits per heavy atom. The third kappa shape index (κ3) is 1.43. The smallest absolute Gasteiger partial charge is 0.0924 e. The second-order valence-corrected chi connectivity index (χ2v) is 2.62. The van der Waals surface area contributed by atoms with Gasteiger partial charge < -0.3 is 10.1 Å². The Bertz CT molecular complexity index is 384. The van der Waals surface area contributed by atoms with Crippen LogP contribution in [0.1, 0.15) is 5.69 Å². The molecule has 2 aromatic heterocycles. The normalized spacial score (nSPS) is 10.2. The number of imidazole rings is 1. The second-order valence-electron chi connectivity index (χ2n) is 2.62. The number of aromatic nitrogens is 3. The van der Waals surface area contributed by atoms with Crippen molar-refractivity contribution in [3.8, 4) is 11.3 Å². The molecule has 13 heavy (non-hydrogen) atoms. The van der Waals surface area contributed by atoms with Crippen LogP contribution in [-0.2, 0) is 6.61 Å². The molecule has 0 amide bonds. The second kappa shape index (κ2) is 3.37. The Morgan fingerprint density at radius 2 is 2.38 bits per heavy atom. The zero-order valence-electron chi connectivity index (χ0n) is 6.94. The summed E-state index contributed by atoms with van der Waals surface area (Å²) in [4.78, 5) is 10.9. The zero-order valence-corrected chi connectivity index (χ0v) is 6.94. The number of pyridine rings is 1. The van der Waals surface area contributed by atoms with Gasteiger partial charge in [-0.2, -0.15) is 0 Å². The van der Waals surface area contributed by atoms with Crippen molar-refractivity contribution < 1.29 is 5.11 Å². The average Bonchev–Trinajstić information content (AvgIpc) is 2.70. The molecular formula is C9H9N3O. The first kappa shape index (κ1) is 7.94. The van der Waals surface area contributed by atoms with Crippen LogP contribution < -0.4 is 0 Å². The highest BCUT2D eigenvalue weighted by atomic mass is 16.3. The molecule has 0 aliphatic heterocycles. The van der Waals surface area contributed by atoms with Crippen molar-refractivity contribution in [2.24, 2.45) is 0 Å². The van der Waals surface area contributed by atoms with Crippen LogP contribution in [0.5, 0.6) is 0 Å².